The number of hydrogen-bond acceptors (Lipinski definition) is 3. The summed E-state index contributed by atoms with van der Waals surface area (Å²) < 4.78 is 17.8. The second kappa shape index (κ2) is 5.08. The highest BCUT2D eigenvalue weighted by Gasteiger charge is 2.13. The molecule has 0 aliphatic carbocycles. The van der Waals surface area contributed by atoms with Crippen LogP contribution in [0.25, 0.3) is 0 Å². The van der Waals surface area contributed by atoms with Crippen LogP contribution in [0.5, 0.6) is 5.75 Å². The van der Waals surface area contributed by atoms with Gasteiger partial charge in [-0.05, 0) is 25.1 Å². The van der Waals surface area contributed by atoms with Crippen LogP contribution in [0.4, 0.5) is 4.39 Å². The molecule has 82 valence electrons. The van der Waals surface area contributed by atoms with Crippen LogP contribution >= 0.6 is 0 Å². The second-order valence-electron chi connectivity index (χ2n) is 2.99. The Morgan fingerprint density at radius 1 is 1.56 bits per heavy atom. The maximum absolute atomic E-state index is 13.1. The molecule has 1 rings (SSSR count). The van der Waals surface area contributed by atoms with E-state index in [0.717, 1.165) is 6.07 Å². The molecular weight excluding hydrogens is 209 g/mol. The van der Waals surface area contributed by atoms with Gasteiger partial charge in [0.15, 0.2) is 11.6 Å². The molecule has 0 spiro atoms. The number of nitriles is 1. The van der Waals surface area contributed by atoms with Crippen LogP contribution in [0, 0.1) is 17.1 Å². The summed E-state index contributed by atoms with van der Waals surface area (Å²) in [5, 5.41) is 8.69. The average molecular weight is 219 g/mol. The zero-order chi connectivity index (χ0) is 12.1. The number of nitrogens with zero attached hydrogens (tertiary/aromatic N) is 1. The van der Waals surface area contributed by atoms with Crippen molar-refractivity contribution < 1.29 is 13.9 Å². The quantitative estimate of drug-likeness (QED) is 0.446. The van der Waals surface area contributed by atoms with Gasteiger partial charge in [-0.2, -0.15) is 5.26 Å². The Morgan fingerprint density at radius 2 is 2.25 bits per heavy atom. The van der Waals surface area contributed by atoms with E-state index < -0.39 is 11.6 Å². The van der Waals surface area contributed by atoms with Crippen molar-refractivity contribution in [3.63, 3.8) is 0 Å². The molecule has 3 nitrogen and oxygen atoms in total. The number of hydrogen-bond donors (Lipinski definition) is 0. The maximum Gasteiger partial charge on any atom is 0.203 e. The molecule has 0 radical (unpaired) electrons. The molecular formula is C12H10FNO2. The number of carbonyl (C=O) groups excluding carboxylic acids is 1. The van der Waals surface area contributed by atoms with Gasteiger partial charge in [0.2, 0.25) is 5.78 Å². The molecule has 0 unspecified atom stereocenters. The third-order valence-corrected chi connectivity index (χ3v) is 2.07. The topological polar surface area (TPSA) is 50.1 Å². The number of rotatable bonds is 3. The number of benzene rings is 1. The minimum atomic E-state index is -0.543. The van der Waals surface area contributed by atoms with Gasteiger partial charge >= 0.3 is 0 Å². The second-order valence-corrected chi connectivity index (χ2v) is 2.99. The number of methoxy groups -OCH3 is 1. The van der Waals surface area contributed by atoms with E-state index in [1.165, 1.54) is 25.3 Å². The predicted octanol–water partition coefficient (Wildman–Crippen LogP) is 2.49. The van der Waals surface area contributed by atoms with Crippen LogP contribution in [-0.2, 0) is 0 Å². The normalized spacial score (nSPS) is 10.8. The molecule has 0 heterocycles. The Bertz CT molecular complexity index is 486. The first kappa shape index (κ1) is 11.9. The van der Waals surface area contributed by atoms with E-state index in [0.29, 0.717) is 0 Å². The molecule has 0 fully saturated rings. The van der Waals surface area contributed by atoms with Crippen LogP contribution in [0.1, 0.15) is 17.3 Å². The van der Waals surface area contributed by atoms with Crippen LogP contribution in [-0.4, -0.2) is 12.9 Å². The predicted molar refractivity (Wildman–Crippen MR) is 56.7 cm³/mol. The Kier molecular flexibility index (Phi) is 3.78. The first-order chi connectivity index (χ1) is 7.63. The Balaban J connectivity index is 3.16. The van der Waals surface area contributed by atoms with Gasteiger partial charge in [-0.1, -0.05) is 6.08 Å². The molecule has 0 atom stereocenters. The van der Waals surface area contributed by atoms with E-state index in [2.05, 4.69) is 0 Å². The molecule has 0 bridgehead atoms. The lowest BCUT2D eigenvalue weighted by Crippen LogP contribution is -2.02. The molecule has 1 aromatic rings. The monoisotopic (exact) mass is 219 g/mol. The standard InChI is InChI=1S/C12H10FNO2/c1-3-8(7-14)12(15)9-4-5-10(13)11(6-9)16-2/h3-6H,1-2H3/b8-3-. The molecule has 0 aliphatic heterocycles. The highest BCUT2D eigenvalue weighted by Crippen LogP contribution is 2.20. The fraction of sp³-hybridized carbons (Fsp3) is 0.167. The first-order valence-corrected chi connectivity index (χ1v) is 4.58. The van der Waals surface area contributed by atoms with Crippen molar-refractivity contribution in [3.8, 4) is 11.8 Å². The molecule has 16 heavy (non-hydrogen) atoms. The minimum Gasteiger partial charge on any atom is -0.494 e. The van der Waals surface area contributed by atoms with Gasteiger partial charge in [-0.15, -0.1) is 0 Å². The Morgan fingerprint density at radius 3 is 2.75 bits per heavy atom. The van der Waals surface area contributed by atoms with Crippen molar-refractivity contribution in [2.45, 2.75) is 6.92 Å². The fourth-order valence-electron chi connectivity index (χ4n) is 1.20. The zero-order valence-electron chi connectivity index (χ0n) is 8.95. The Labute approximate surface area is 92.8 Å². The van der Waals surface area contributed by atoms with E-state index in [-0.39, 0.29) is 16.9 Å². The first-order valence-electron chi connectivity index (χ1n) is 4.58. The number of Topliss-reactive ketones (excluding diaryl/α,β-unsaturated/α-hetero) is 1. The van der Waals surface area contributed by atoms with E-state index in [1.807, 2.05) is 0 Å². The lowest BCUT2D eigenvalue weighted by molar-refractivity contribution is 0.103. The van der Waals surface area contributed by atoms with Gasteiger partial charge in [0.1, 0.15) is 6.07 Å². The zero-order valence-corrected chi connectivity index (χ0v) is 8.95. The van der Waals surface area contributed by atoms with Crippen molar-refractivity contribution in [2.75, 3.05) is 7.11 Å². The van der Waals surface area contributed by atoms with Crippen molar-refractivity contribution in [3.05, 3.63) is 41.2 Å². The van der Waals surface area contributed by atoms with Gasteiger partial charge in [-0.3, -0.25) is 4.79 Å². The van der Waals surface area contributed by atoms with Gasteiger partial charge in [0.25, 0.3) is 0 Å². The SMILES string of the molecule is C/C=C(/C#N)C(=O)c1ccc(F)c(OC)c1. The van der Waals surface area contributed by atoms with Crippen LogP contribution in [0.3, 0.4) is 0 Å². The lowest BCUT2D eigenvalue weighted by atomic mass is 10.0. The van der Waals surface area contributed by atoms with Crippen molar-refractivity contribution in [1.82, 2.24) is 0 Å². The number of halogens is 1. The third kappa shape index (κ3) is 2.26. The van der Waals surface area contributed by atoms with Gasteiger partial charge in [0.05, 0.1) is 12.7 Å². The Hall–Kier alpha value is -2.15. The molecule has 0 saturated carbocycles. The van der Waals surface area contributed by atoms with Gasteiger partial charge < -0.3 is 4.74 Å². The highest BCUT2D eigenvalue weighted by atomic mass is 19.1. The minimum absolute atomic E-state index is 0.0146. The lowest BCUT2D eigenvalue weighted by Gasteiger charge is -2.04. The van der Waals surface area contributed by atoms with Gasteiger partial charge in [-0.25, -0.2) is 4.39 Å². The molecule has 4 heteroatoms. The molecule has 0 saturated heterocycles. The summed E-state index contributed by atoms with van der Waals surface area (Å²) in [6.07, 6.45) is 1.41. The smallest absolute Gasteiger partial charge is 0.203 e. The summed E-state index contributed by atoms with van der Waals surface area (Å²) in [5.74, 6) is -0.999. The van der Waals surface area contributed by atoms with Crippen LogP contribution < -0.4 is 4.74 Å². The maximum atomic E-state index is 13.1. The molecule has 0 aliphatic rings. The third-order valence-electron chi connectivity index (χ3n) is 2.07. The van der Waals surface area contributed by atoms with E-state index in [9.17, 15) is 9.18 Å². The molecule has 0 N–H and O–H groups in total. The molecule has 1 aromatic carbocycles. The van der Waals surface area contributed by atoms with Crippen molar-refractivity contribution in [1.29, 1.82) is 5.26 Å². The largest absolute Gasteiger partial charge is 0.494 e. The van der Waals surface area contributed by atoms with Crippen molar-refractivity contribution >= 4 is 5.78 Å². The van der Waals surface area contributed by atoms with Crippen LogP contribution in [0.2, 0.25) is 0 Å². The number of carbonyl (C=O) groups is 1. The van der Waals surface area contributed by atoms with E-state index >= 15 is 0 Å². The van der Waals surface area contributed by atoms with Gasteiger partial charge in [0, 0.05) is 5.56 Å². The fourth-order valence-corrected chi connectivity index (χ4v) is 1.20. The summed E-state index contributed by atoms with van der Waals surface area (Å²) >= 11 is 0. The van der Waals surface area contributed by atoms with Crippen LogP contribution in [0.15, 0.2) is 29.8 Å². The number of allylic oxidation sites excluding steroid dienone is 2. The number of ketones is 1. The average Bonchev–Trinajstić information content (AvgIpc) is 2.31. The van der Waals surface area contributed by atoms with Crippen molar-refractivity contribution in [2.24, 2.45) is 0 Å². The van der Waals surface area contributed by atoms with E-state index in [4.69, 9.17) is 10.00 Å². The van der Waals surface area contributed by atoms with E-state index in [1.54, 1.807) is 13.0 Å². The molecule has 0 amide bonds. The summed E-state index contributed by atoms with van der Waals surface area (Å²) in [7, 11) is 1.31. The summed E-state index contributed by atoms with van der Waals surface area (Å²) in [6.45, 7) is 1.59. The summed E-state index contributed by atoms with van der Waals surface area (Å²) in [6, 6.07) is 5.51. The molecule has 0 aromatic heterocycles. The summed E-state index contributed by atoms with van der Waals surface area (Å²) in [4.78, 5) is 11.7. The number of ether oxygens (including phenoxy) is 1. The highest BCUT2D eigenvalue weighted by molar-refractivity contribution is 6.11. The summed E-state index contributed by atoms with van der Waals surface area (Å²) in [5.41, 5.74) is 0.251.